The largest absolute Gasteiger partial charge is 0.316 e. The Morgan fingerprint density at radius 1 is 1.41 bits per heavy atom. The number of allylic oxidation sites excluding steroid dienone is 3. The van der Waals surface area contributed by atoms with Gasteiger partial charge in [0.05, 0.1) is 0 Å². The highest BCUT2D eigenvalue weighted by Gasteiger charge is 2.17. The second-order valence-corrected chi connectivity index (χ2v) is 6.00. The number of hydrogen-bond acceptors (Lipinski definition) is 1. The van der Waals surface area contributed by atoms with E-state index in [0.29, 0.717) is 0 Å². The van der Waals surface area contributed by atoms with Gasteiger partial charge in [0.1, 0.15) is 0 Å². The Labute approximate surface area is 106 Å². The first kappa shape index (κ1) is 12.9. The van der Waals surface area contributed by atoms with Crippen LogP contribution in [0.15, 0.2) is 23.3 Å². The maximum atomic E-state index is 3.66. The van der Waals surface area contributed by atoms with Gasteiger partial charge in [-0.05, 0) is 70.4 Å². The van der Waals surface area contributed by atoms with Gasteiger partial charge in [-0.2, -0.15) is 0 Å². The molecule has 2 unspecified atom stereocenters. The average Bonchev–Trinajstić information content (AvgIpc) is 2.76. The molecule has 0 aromatic carbocycles. The maximum Gasteiger partial charge on any atom is -0.00115 e. The molecule has 0 bridgehead atoms. The van der Waals surface area contributed by atoms with Crippen molar-refractivity contribution >= 4 is 0 Å². The fourth-order valence-electron chi connectivity index (χ4n) is 3.36. The summed E-state index contributed by atoms with van der Waals surface area (Å²) in [7, 11) is 0. The van der Waals surface area contributed by atoms with Crippen molar-refractivity contribution in [3.05, 3.63) is 23.3 Å². The minimum absolute atomic E-state index is 0.785. The topological polar surface area (TPSA) is 12.0 Å². The molecule has 96 valence electrons. The van der Waals surface area contributed by atoms with Crippen molar-refractivity contribution in [2.24, 2.45) is 11.8 Å². The SMILES string of the molecule is CC1=CC(C)CC(CNCCC2=CCCC2)C1. The van der Waals surface area contributed by atoms with Gasteiger partial charge in [-0.15, -0.1) is 0 Å². The molecule has 2 rings (SSSR count). The summed E-state index contributed by atoms with van der Waals surface area (Å²) in [6.45, 7) is 7.02. The minimum atomic E-state index is 0.785. The molecule has 2 atom stereocenters. The lowest BCUT2D eigenvalue weighted by Gasteiger charge is -2.25. The average molecular weight is 233 g/mol. The van der Waals surface area contributed by atoms with E-state index in [2.05, 4.69) is 31.3 Å². The van der Waals surface area contributed by atoms with Crippen LogP contribution in [0.25, 0.3) is 0 Å². The Morgan fingerprint density at radius 3 is 3.00 bits per heavy atom. The van der Waals surface area contributed by atoms with E-state index in [-0.39, 0.29) is 0 Å². The van der Waals surface area contributed by atoms with E-state index < -0.39 is 0 Å². The van der Waals surface area contributed by atoms with Gasteiger partial charge in [0.25, 0.3) is 0 Å². The van der Waals surface area contributed by atoms with Crippen molar-refractivity contribution < 1.29 is 0 Å². The molecule has 0 amide bonds. The second kappa shape index (κ2) is 6.39. The molecule has 0 saturated heterocycles. The Balaban J connectivity index is 1.60. The minimum Gasteiger partial charge on any atom is -0.316 e. The van der Waals surface area contributed by atoms with Crippen LogP contribution in [-0.2, 0) is 0 Å². The van der Waals surface area contributed by atoms with Crippen LogP contribution in [0.2, 0.25) is 0 Å². The van der Waals surface area contributed by atoms with Crippen LogP contribution in [0.4, 0.5) is 0 Å². The maximum absolute atomic E-state index is 3.66. The van der Waals surface area contributed by atoms with Crippen LogP contribution in [0.5, 0.6) is 0 Å². The van der Waals surface area contributed by atoms with E-state index in [1.54, 1.807) is 11.1 Å². The summed E-state index contributed by atoms with van der Waals surface area (Å²) in [4.78, 5) is 0. The Morgan fingerprint density at radius 2 is 2.29 bits per heavy atom. The summed E-state index contributed by atoms with van der Waals surface area (Å²) in [5.41, 5.74) is 3.28. The van der Waals surface area contributed by atoms with Crippen LogP contribution >= 0.6 is 0 Å². The highest BCUT2D eigenvalue weighted by molar-refractivity contribution is 5.08. The van der Waals surface area contributed by atoms with Gasteiger partial charge < -0.3 is 5.32 Å². The molecular formula is C16H27N. The van der Waals surface area contributed by atoms with Crippen molar-refractivity contribution in [1.82, 2.24) is 5.32 Å². The number of hydrogen-bond donors (Lipinski definition) is 1. The van der Waals surface area contributed by atoms with Crippen LogP contribution in [-0.4, -0.2) is 13.1 Å². The van der Waals surface area contributed by atoms with Crippen molar-refractivity contribution in [1.29, 1.82) is 0 Å². The van der Waals surface area contributed by atoms with Gasteiger partial charge in [0, 0.05) is 0 Å². The summed E-state index contributed by atoms with van der Waals surface area (Å²) in [5, 5.41) is 3.66. The molecular weight excluding hydrogens is 206 g/mol. The summed E-state index contributed by atoms with van der Waals surface area (Å²) in [5.74, 6) is 1.65. The zero-order chi connectivity index (χ0) is 12.1. The third-order valence-electron chi connectivity index (χ3n) is 4.08. The molecule has 0 spiro atoms. The Bertz CT molecular complexity index is 301. The molecule has 0 aromatic rings. The van der Waals surface area contributed by atoms with Gasteiger partial charge >= 0.3 is 0 Å². The molecule has 0 radical (unpaired) electrons. The predicted octanol–water partition coefficient (Wildman–Crippen LogP) is 4.07. The molecule has 1 heteroatoms. The molecule has 1 nitrogen and oxygen atoms in total. The first-order chi connectivity index (χ1) is 8.24. The zero-order valence-corrected chi connectivity index (χ0v) is 11.5. The highest BCUT2D eigenvalue weighted by Crippen LogP contribution is 2.27. The van der Waals surface area contributed by atoms with Gasteiger partial charge in [0.15, 0.2) is 0 Å². The lowest BCUT2D eigenvalue weighted by molar-refractivity contribution is 0.382. The summed E-state index contributed by atoms with van der Waals surface area (Å²) < 4.78 is 0. The molecule has 2 aliphatic rings. The smallest absolute Gasteiger partial charge is 0.00115 e. The monoisotopic (exact) mass is 233 g/mol. The molecule has 0 fully saturated rings. The summed E-state index contributed by atoms with van der Waals surface area (Å²) >= 11 is 0. The van der Waals surface area contributed by atoms with E-state index in [0.717, 1.165) is 11.8 Å². The van der Waals surface area contributed by atoms with E-state index in [1.165, 1.54) is 51.6 Å². The molecule has 2 aliphatic carbocycles. The second-order valence-electron chi connectivity index (χ2n) is 6.00. The summed E-state index contributed by atoms with van der Waals surface area (Å²) in [6.07, 6.45) is 12.9. The lowest BCUT2D eigenvalue weighted by atomic mass is 9.84. The van der Waals surface area contributed by atoms with Crippen LogP contribution in [0.1, 0.15) is 52.4 Å². The van der Waals surface area contributed by atoms with Crippen LogP contribution < -0.4 is 5.32 Å². The van der Waals surface area contributed by atoms with Gasteiger partial charge in [-0.1, -0.05) is 30.2 Å². The molecule has 1 N–H and O–H groups in total. The fraction of sp³-hybridized carbons (Fsp3) is 0.750. The highest BCUT2D eigenvalue weighted by atomic mass is 14.9. The van der Waals surface area contributed by atoms with Gasteiger partial charge in [-0.3, -0.25) is 0 Å². The standard InChI is InChI=1S/C16H27N/c1-13-9-14(2)11-16(10-13)12-17-8-7-15-5-3-4-6-15/h5,9,13,16-17H,3-4,6-8,10-12H2,1-2H3. The first-order valence-corrected chi connectivity index (χ1v) is 7.30. The molecule has 17 heavy (non-hydrogen) atoms. The van der Waals surface area contributed by atoms with E-state index in [1.807, 2.05) is 0 Å². The molecule has 0 aliphatic heterocycles. The third-order valence-corrected chi connectivity index (χ3v) is 4.08. The number of rotatable bonds is 5. The fourth-order valence-corrected chi connectivity index (χ4v) is 3.36. The summed E-state index contributed by atoms with van der Waals surface area (Å²) in [6, 6.07) is 0. The quantitative estimate of drug-likeness (QED) is 0.557. The Kier molecular flexibility index (Phi) is 4.85. The van der Waals surface area contributed by atoms with Crippen molar-refractivity contribution in [3.8, 4) is 0 Å². The van der Waals surface area contributed by atoms with Crippen molar-refractivity contribution in [2.75, 3.05) is 13.1 Å². The van der Waals surface area contributed by atoms with Crippen LogP contribution in [0, 0.1) is 11.8 Å². The zero-order valence-electron chi connectivity index (χ0n) is 11.5. The molecule has 0 saturated carbocycles. The molecule has 0 heterocycles. The Hall–Kier alpha value is -0.560. The van der Waals surface area contributed by atoms with Gasteiger partial charge in [0.2, 0.25) is 0 Å². The number of nitrogens with one attached hydrogen (secondary N) is 1. The van der Waals surface area contributed by atoms with Crippen molar-refractivity contribution in [3.63, 3.8) is 0 Å². The normalized spacial score (nSPS) is 29.1. The lowest BCUT2D eigenvalue weighted by Crippen LogP contribution is -2.27. The van der Waals surface area contributed by atoms with Crippen LogP contribution in [0.3, 0.4) is 0 Å². The predicted molar refractivity (Wildman–Crippen MR) is 75.1 cm³/mol. The third kappa shape index (κ3) is 4.31. The first-order valence-electron chi connectivity index (χ1n) is 7.30. The van der Waals surface area contributed by atoms with Gasteiger partial charge in [-0.25, -0.2) is 0 Å². The van der Waals surface area contributed by atoms with E-state index >= 15 is 0 Å². The van der Waals surface area contributed by atoms with E-state index in [9.17, 15) is 0 Å². The van der Waals surface area contributed by atoms with Crippen molar-refractivity contribution in [2.45, 2.75) is 52.4 Å². The van der Waals surface area contributed by atoms with E-state index in [4.69, 9.17) is 0 Å². The molecule has 0 aromatic heterocycles.